The number of benzene rings is 2. The Morgan fingerprint density at radius 1 is 1.06 bits per heavy atom. The lowest BCUT2D eigenvalue weighted by atomic mass is 10.0. The fourth-order valence-electron chi connectivity index (χ4n) is 3.46. The van der Waals surface area contributed by atoms with E-state index in [-0.39, 0.29) is 33.5 Å². The van der Waals surface area contributed by atoms with Crippen LogP contribution in [0.1, 0.15) is 50.8 Å². The van der Waals surface area contributed by atoms with Crippen LogP contribution in [0.3, 0.4) is 0 Å². The topological polar surface area (TPSA) is 74.7 Å². The first kappa shape index (κ1) is 25.9. The minimum Gasteiger partial charge on any atom is -0.489 e. The number of alkyl halides is 2. The Labute approximate surface area is 216 Å². The van der Waals surface area contributed by atoms with Gasteiger partial charge < -0.3 is 14.2 Å². The Morgan fingerprint density at radius 3 is 2.36 bits per heavy atom. The largest absolute Gasteiger partial charge is 0.489 e. The quantitative estimate of drug-likeness (QED) is 0.200. The summed E-state index contributed by atoms with van der Waals surface area (Å²) in [6.07, 6.45) is 4.68. The molecule has 3 aromatic rings. The Bertz CT molecular complexity index is 1220. The van der Waals surface area contributed by atoms with Crippen molar-refractivity contribution < 1.29 is 32.6 Å². The summed E-state index contributed by atoms with van der Waals surface area (Å²) in [7, 11) is 0. The normalized spacial score (nSPS) is 13.8. The molecule has 0 radical (unpaired) electrons. The number of halogens is 4. The van der Waals surface area contributed by atoms with Gasteiger partial charge in [-0.25, -0.2) is 4.79 Å². The Morgan fingerprint density at radius 2 is 1.75 bits per heavy atom. The molecule has 36 heavy (non-hydrogen) atoms. The van der Waals surface area contributed by atoms with Gasteiger partial charge in [0.1, 0.15) is 12.4 Å². The maximum Gasteiger partial charge on any atom is 0.387 e. The summed E-state index contributed by atoms with van der Waals surface area (Å²) in [4.78, 5) is 27.8. The van der Waals surface area contributed by atoms with Gasteiger partial charge in [0.2, 0.25) is 0 Å². The van der Waals surface area contributed by atoms with Crippen molar-refractivity contribution in [3.63, 3.8) is 0 Å². The molecule has 0 spiro atoms. The highest BCUT2D eigenvalue weighted by Crippen LogP contribution is 2.38. The first-order valence-electron chi connectivity index (χ1n) is 11.1. The predicted molar refractivity (Wildman–Crippen MR) is 129 cm³/mol. The number of hydrogen-bond donors (Lipinski definition) is 0. The second-order valence-electron chi connectivity index (χ2n) is 8.26. The zero-order chi connectivity index (χ0) is 25.7. The van der Waals surface area contributed by atoms with Gasteiger partial charge in [0.25, 0.3) is 0 Å². The molecule has 4 rings (SSSR count). The number of aromatic nitrogens is 1. The van der Waals surface area contributed by atoms with Crippen LogP contribution in [0.25, 0.3) is 0 Å². The van der Waals surface area contributed by atoms with Crippen LogP contribution in [-0.2, 0) is 11.2 Å². The summed E-state index contributed by atoms with van der Waals surface area (Å²) in [6, 6.07) is 10.3. The van der Waals surface area contributed by atoms with Gasteiger partial charge in [0, 0.05) is 24.4 Å². The van der Waals surface area contributed by atoms with Crippen molar-refractivity contribution in [2.24, 2.45) is 5.92 Å². The molecule has 1 aliphatic carbocycles. The molecule has 1 heterocycles. The molecular weight excluding hydrogens is 515 g/mol. The third kappa shape index (κ3) is 6.71. The first-order chi connectivity index (χ1) is 17.3. The fourth-order valence-corrected chi connectivity index (χ4v) is 3.98. The number of pyridine rings is 1. The van der Waals surface area contributed by atoms with Gasteiger partial charge in [0.05, 0.1) is 22.2 Å². The Kier molecular flexibility index (Phi) is 8.38. The number of carbonyl (C=O) groups is 2. The molecule has 10 heteroatoms. The second-order valence-corrected chi connectivity index (χ2v) is 9.07. The van der Waals surface area contributed by atoms with Crippen LogP contribution in [0.15, 0.2) is 54.9 Å². The van der Waals surface area contributed by atoms with Crippen molar-refractivity contribution >= 4 is 35.5 Å². The van der Waals surface area contributed by atoms with E-state index in [0.29, 0.717) is 35.5 Å². The number of esters is 1. The van der Waals surface area contributed by atoms with Crippen LogP contribution < -0.4 is 9.47 Å². The summed E-state index contributed by atoms with van der Waals surface area (Å²) < 4.78 is 42.1. The van der Waals surface area contributed by atoms with E-state index in [1.165, 1.54) is 54.9 Å². The van der Waals surface area contributed by atoms with Crippen LogP contribution in [-0.4, -0.2) is 30.5 Å². The first-order valence-corrected chi connectivity index (χ1v) is 11.8. The van der Waals surface area contributed by atoms with Crippen molar-refractivity contribution in [3.8, 4) is 11.5 Å². The molecule has 1 aliphatic rings. The van der Waals surface area contributed by atoms with Gasteiger partial charge in [-0.2, -0.15) is 8.78 Å². The van der Waals surface area contributed by atoms with E-state index in [4.69, 9.17) is 32.7 Å². The Hall–Kier alpha value is -3.23. The van der Waals surface area contributed by atoms with Crippen LogP contribution in [0, 0.1) is 5.92 Å². The number of carbonyl (C=O) groups excluding carboxylic acids is 2. The highest BCUT2D eigenvalue weighted by atomic mass is 35.5. The predicted octanol–water partition coefficient (Wildman–Crippen LogP) is 6.73. The molecule has 1 atom stereocenters. The maximum atomic E-state index is 13.0. The van der Waals surface area contributed by atoms with E-state index in [2.05, 4.69) is 9.72 Å². The van der Waals surface area contributed by atoms with E-state index in [1.54, 1.807) is 0 Å². The van der Waals surface area contributed by atoms with Crippen molar-refractivity contribution in [3.05, 3.63) is 87.2 Å². The van der Waals surface area contributed by atoms with Gasteiger partial charge in [-0.3, -0.25) is 9.78 Å². The van der Waals surface area contributed by atoms with E-state index >= 15 is 0 Å². The summed E-state index contributed by atoms with van der Waals surface area (Å²) in [5.41, 5.74) is 1.59. The van der Waals surface area contributed by atoms with Crippen LogP contribution in [0.4, 0.5) is 8.78 Å². The van der Waals surface area contributed by atoms with Gasteiger partial charge >= 0.3 is 12.6 Å². The molecule has 1 aromatic heterocycles. The molecule has 188 valence electrons. The van der Waals surface area contributed by atoms with Gasteiger partial charge in [-0.1, -0.05) is 41.4 Å². The molecule has 1 saturated carbocycles. The second kappa shape index (κ2) is 11.7. The molecule has 6 nitrogen and oxygen atoms in total. The fraction of sp³-hybridized carbons (Fsp3) is 0.269. The standard InChI is InChI=1S/C26H21Cl2F2NO5/c27-20-11-31-12-21(28)19(20)10-23(35-25(33)17-5-3-15(13-32)4-6-17)18-7-8-22(36-26(29)30)24(9-18)34-14-16-1-2-16/h3-9,11-13,16,23,26H,1-2,10,14H2/t23-/m0/s1. The number of ether oxygens (including phenoxy) is 3. The van der Waals surface area contributed by atoms with Gasteiger partial charge in [-0.15, -0.1) is 0 Å². The minimum absolute atomic E-state index is 0.0788. The van der Waals surface area contributed by atoms with Crippen molar-refractivity contribution in [2.45, 2.75) is 32.0 Å². The molecule has 1 fully saturated rings. The Balaban J connectivity index is 1.67. The molecule has 0 N–H and O–H groups in total. The highest BCUT2D eigenvalue weighted by Gasteiger charge is 2.26. The van der Waals surface area contributed by atoms with Gasteiger partial charge in [-0.05, 0) is 54.2 Å². The number of nitrogens with zero attached hydrogens (tertiary/aromatic N) is 1. The zero-order valence-corrected chi connectivity index (χ0v) is 20.3. The van der Waals surface area contributed by atoms with Crippen LogP contribution >= 0.6 is 23.2 Å². The molecular formula is C26H21Cl2F2NO5. The zero-order valence-electron chi connectivity index (χ0n) is 18.8. The van der Waals surface area contributed by atoms with Crippen LogP contribution in [0.5, 0.6) is 11.5 Å². The lowest BCUT2D eigenvalue weighted by Crippen LogP contribution is -2.15. The highest BCUT2D eigenvalue weighted by molar-refractivity contribution is 6.35. The number of hydrogen-bond acceptors (Lipinski definition) is 6. The van der Waals surface area contributed by atoms with E-state index in [1.807, 2.05) is 0 Å². The number of rotatable bonds is 11. The summed E-state index contributed by atoms with van der Waals surface area (Å²) >= 11 is 12.6. The van der Waals surface area contributed by atoms with Gasteiger partial charge in [0.15, 0.2) is 11.5 Å². The van der Waals surface area contributed by atoms with E-state index < -0.39 is 18.7 Å². The third-order valence-corrected chi connectivity index (χ3v) is 6.25. The molecule has 2 aromatic carbocycles. The van der Waals surface area contributed by atoms with Crippen molar-refractivity contribution in [1.29, 1.82) is 0 Å². The van der Waals surface area contributed by atoms with Crippen molar-refractivity contribution in [2.75, 3.05) is 6.61 Å². The SMILES string of the molecule is O=Cc1ccc(C(=O)O[C@@H](Cc2c(Cl)cncc2Cl)c2ccc(OC(F)F)c(OCC3CC3)c2)cc1. The van der Waals surface area contributed by atoms with E-state index in [0.717, 1.165) is 12.8 Å². The van der Waals surface area contributed by atoms with E-state index in [9.17, 15) is 18.4 Å². The molecule has 0 amide bonds. The average Bonchev–Trinajstić information content (AvgIpc) is 3.69. The van der Waals surface area contributed by atoms with Crippen molar-refractivity contribution in [1.82, 2.24) is 4.98 Å². The summed E-state index contributed by atoms with van der Waals surface area (Å²) in [6.45, 7) is -2.67. The lowest BCUT2D eigenvalue weighted by molar-refractivity contribution is -0.0515. The molecule has 0 aliphatic heterocycles. The smallest absolute Gasteiger partial charge is 0.387 e. The molecule has 0 saturated heterocycles. The molecule has 0 unspecified atom stereocenters. The lowest BCUT2D eigenvalue weighted by Gasteiger charge is -2.21. The summed E-state index contributed by atoms with van der Waals surface area (Å²) in [5.74, 6) is -0.301. The maximum absolute atomic E-state index is 13.0. The average molecular weight is 536 g/mol. The minimum atomic E-state index is -3.03. The number of aldehydes is 1. The summed E-state index contributed by atoms with van der Waals surface area (Å²) in [5, 5.41) is 0.559. The monoisotopic (exact) mass is 535 g/mol. The third-order valence-electron chi connectivity index (χ3n) is 5.60. The van der Waals surface area contributed by atoms with Crippen LogP contribution in [0.2, 0.25) is 10.0 Å². The molecule has 0 bridgehead atoms.